The zero-order valence-electron chi connectivity index (χ0n) is 15.8. The number of benzene rings is 3. The van der Waals surface area contributed by atoms with E-state index in [-0.39, 0.29) is 10.8 Å². The molecule has 0 aliphatic carbocycles. The van der Waals surface area contributed by atoms with E-state index in [1.54, 1.807) is 55.5 Å². The first-order chi connectivity index (χ1) is 13.4. The molecular weight excluding hydrogens is 372 g/mol. The van der Waals surface area contributed by atoms with Crippen molar-refractivity contribution in [2.75, 3.05) is 10.0 Å². The van der Waals surface area contributed by atoms with Crippen LogP contribution in [0.2, 0.25) is 0 Å². The molecule has 0 fully saturated rings. The molecule has 3 rings (SSSR count). The first-order valence-electron chi connectivity index (χ1n) is 8.98. The van der Waals surface area contributed by atoms with E-state index < -0.39 is 10.0 Å². The van der Waals surface area contributed by atoms with E-state index in [1.165, 1.54) is 6.07 Å². The molecular formula is C22H22N2O3S. The van der Waals surface area contributed by atoms with Crippen LogP contribution in [0.5, 0.6) is 0 Å². The summed E-state index contributed by atoms with van der Waals surface area (Å²) >= 11 is 0. The fourth-order valence-corrected chi connectivity index (χ4v) is 3.89. The number of aryl methyl sites for hydroxylation is 2. The summed E-state index contributed by atoms with van der Waals surface area (Å²) in [4.78, 5) is 12.4. The van der Waals surface area contributed by atoms with Crippen molar-refractivity contribution in [3.8, 4) is 0 Å². The van der Waals surface area contributed by atoms with Crippen LogP contribution >= 0.6 is 0 Å². The van der Waals surface area contributed by atoms with Gasteiger partial charge in [0.05, 0.1) is 4.90 Å². The van der Waals surface area contributed by atoms with Crippen LogP contribution in [0.1, 0.15) is 28.4 Å². The Labute approximate surface area is 165 Å². The minimum absolute atomic E-state index is 0.141. The van der Waals surface area contributed by atoms with Crippen molar-refractivity contribution >= 4 is 27.3 Å². The quantitative estimate of drug-likeness (QED) is 0.641. The van der Waals surface area contributed by atoms with Crippen LogP contribution in [0.3, 0.4) is 0 Å². The Morgan fingerprint density at radius 3 is 2.21 bits per heavy atom. The topological polar surface area (TPSA) is 75.3 Å². The average molecular weight is 394 g/mol. The van der Waals surface area contributed by atoms with E-state index in [4.69, 9.17) is 0 Å². The number of carbonyl (C=O) groups is 1. The minimum atomic E-state index is -3.72. The third kappa shape index (κ3) is 4.58. The van der Waals surface area contributed by atoms with Crippen molar-refractivity contribution in [3.05, 3.63) is 89.5 Å². The Balaban J connectivity index is 1.77. The monoisotopic (exact) mass is 394 g/mol. The summed E-state index contributed by atoms with van der Waals surface area (Å²) < 4.78 is 27.9. The fourth-order valence-electron chi connectivity index (χ4n) is 2.75. The van der Waals surface area contributed by atoms with Crippen molar-refractivity contribution in [1.82, 2.24) is 0 Å². The number of sulfonamides is 1. The molecule has 2 N–H and O–H groups in total. The lowest BCUT2D eigenvalue weighted by Gasteiger charge is -2.12. The maximum atomic E-state index is 12.7. The van der Waals surface area contributed by atoms with Gasteiger partial charge in [0.2, 0.25) is 0 Å². The SMILES string of the molecule is CCc1ccc(NS(=O)(=O)c2ccc(NC(=O)c3ccccc3)c(C)c2)cc1. The molecule has 3 aromatic rings. The summed E-state index contributed by atoms with van der Waals surface area (Å²) in [6.45, 7) is 3.80. The molecule has 0 spiro atoms. The van der Waals surface area contributed by atoms with Gasteiger partial charge in [-0.1, -0.05) is 37.3 Å². The van der Waals surface area contributed by atoms with Crippen molar-refractivity contribution in [2.24, 2.45) is 0 Å². The van der Waals surface area contributed by atoms with Crippen LogP contribution in [-0.4, -0.2) is 14.3 Å². The molecule has 0 aromatic heterocycles. The lowest BCUT2D eigenvalue weighted by molar-refractivity contribution is 0.102. The molecule has 0 atom stereocenters. The highest BCUT2D eigenvalue weighted by molar-refractivity contribution is 7.92. The van der Waals surface area contributed by atoms with E-state index in [1.807, 2.05) is 25.1 Å². The minimum Gasteiger partial charge on any atom is -0.322 e. The van der Waals surface area contributed by atoms with Gasteiger partial charge in [-0.05, 0) is 66.9 Å². The molecule has 6 heteroatoms. The van der Waals surface area contributed by atoms with Gasteiger partial charge in [-0.2, -0.15) is 0 Å². The van der Waals surface area contributed by atoms with Crippen molar-refractivity contribution in [3.63, 3.8) is 0 Å². The molecule has 0 radical (unpaired) electrons. The second kappa shape index (κ2) is 8.27. The lowest BCUT2D eigenvalue weighted by atomic mass is 10.1. The molecule has 1 amide bonds. The Hall–Kier alpha value is -3.12. The second-order valence-corrected chi connectivity index (χ2v) is 8.14. The maximum Gasteiger partial charge on any atom is 0.261 e. The zero-order valence-corrected chi connectivity index (χ0v) is 16.6. The summed E-state index contributed by atoms with van der Waals surface area (Å²) in [6.07, 6.45) is 0.891. The highest BCUT2D eigenvalue weighted by atomic mass is 32.2. The number of anilines is 2. The summed E-state index contributed by atoms with van der Waals surface area (Å²) in [6, 6.07) is 20.8. The molecule has 0 saturated heterocycles. The fraction of sp³-hybridized carbons (Fsp3) is 0.136. The van der Waals surface area contributed by atoms with Gasteiger partial charge in [0, 0.05) is 16.9 Å². The highest BCUT2D eigenvalue weighted by Gasteiger charge is 2.16. The van der Waals surface area contributed by atoms with E-state index in [9.17, 15) is 13.2 Å². The predicted molar refractivity (Wildman–Crippen MR) is 112 cm³/mol. The summed E-state index contributed by atoms with van der Waals surface area (Å²) in [7, 11) is -3.72. The Bertz CT molecular complexity index is 1080. The van der Waals surface area contributed by atoms with Gasteiger partial charge in [0.1, 0.15) is 0 Å². The first-order valence-corrected chi connectivity index (χ1v) is 10.5. The Morgan fingerprint density at radius 2 is 1.61 bits per heavy atom. The normalized spacial score (nSPS) is 11.1. The van der Waals surface area contributed by atoms with Crippen LogP contribution in [0.15, 0.2) is 77.7 Å². The number of nitrogens with one attached hydrogen (secondary N) is 2. The number of amides is 1. The van der Waals surface area contributed by atoms with Crippen LogP contribution in [-0.2, 0) is 16.4 Å². The van der Waals surface area contributed by atoms with Crippen LogP contribution in [0, 0.1) is 6.92 Å². The van der Waals surface area contributed by atoms with E-state index in [0.717, 1.165) is 12.0 Å². The smallest absolute Gasteiger partial charge is 0.261 e. The molecule has 0 heterocycles. The Kier molecular flexibility index (Phi) is 5.80. The number of hydrogen-bond acceptors (Lipinski definition) is 3. The van der Waals surface area contributed by atoms with Gasteiger partial charge < -0.3 is 5.32 Å². The van der Waals surface area contributed by atoms with Crippen molar-refractivity contribution in [1.29, 1.82) is 0 Å². The standard InChI is InChI=1S/C22H22N2O3S/c1-3-17-9-11-19(12-10-17)24-28(26,27)20-13-14-21(16(2)15-20)23-22(25)18-7-5-4-6-8-18/h4-15,24H,3H2,1-2H3,(H,23,25). The highest BCUT2D eigenvalue weighted by Crippen LogP contribution is 2.23. The average Bonchev–Trinajstić information content (AvgIpc) is 2.70. The van der Waals surface area contributed by atoms with Gasteiger partial charge in [-0.15, -0.1) is 0 Å². The van der Waals surface area contributed by atoms with Gasteiger partial charge in [0.15, 0.2) is 0 Å². The van der Waals surface area contributed by atoms with E-state index in [0.29, 0.717) is 22.5 Å². The number of rotatable bonds is 6. The largest absolute Gasteiger partial charge is 0.322 e. The molecule has 144 valence electrons. The van der Waals surface area contributed by atoms with Crippen molar-refractivity contribution < 1.29 is 13.2 Å². The second-order valence-electron chi connectivity index (χ2n) is 6.45. The summed E-state index contributed by atoms with van der Waals surface area (Å²) in [5.41, 5.74) is 3.41. The Morgan fingerprint density at radius 1 is 0.929 bits per heavy atom. The molecule has 0 aliphatic heterocycles. The molecule has 0 aliphatic rings. The summed E-state index contributed by atoms with van der Waals surface area (Å²) in [5.74, 6) is -0.242. The van der Waals surface area contributed by atoms with Gasteiger partial charge in [-0.25, -0.2) is 8.42 Å². The summed E-state index contributed by atoms with van der Waals surface area (Å²) in [5, 5.41) is 2.81. The molecule has 0 unspecified atom stereocenters. The molecule has 5 nitrogen and oxygen atoms in total. The molecule has 28 heavy (non-hydrogen) atoms. The van der Waals surface area contributed by atoms with E-state index >= 15 is 0 Å². The molecule has 0 bridgehead atoms. The van der Waals surface area contributed by atoms with E-state index in [2.05, 4.69) is 10.0 Å². The van der Waals surface area contributed by atoms with Crippen molar-refractivity contribution in [2.45, 2.75) is 25.2 Å². The number of carbonyl (C=O) groups excluding carboxylic acids is 1. The van der Waals surface area contributed by atoms with Crippen LogP contribution in [0.25, 0.3) is 0 Å². The lowest BCUT2D eigenvalue weighted by Crippen LogP contribution is -2.15. The third-order valence-corrected chi connectivity index (χ3v) is 5.79. The van der Waals surface area contributed by atoms with Crippen LogP contribution in [0.4, 0.5) is 11.4 Å². The van der Waals surface area contributed by atoms with Gasteiger partial charge in [-0.3, -0.25) is 9.52 Å². The predicted octanol–water partition coefficient (Wildman–Crippen LogP) is 4.61. The van der Waals surface area contributed by atoms with Gasteiger partial charge in [0.25, 0.3) is 15.9 Å². The molecule has 3 aromatic carbocycles. The number of hydrogen-bond donors (Lipinski definition) is 2. The maximum absolute atomic E-state index is 12.7. The zero-order chi connectivity index (χ0) is 20.1. The first kappa shape index (κ1) is 19.6. The van der Waals surface area contributed by atoms with Crippen LogP contribution < -0.4 is 10.0 Å². The molecule has 0 saturated carbocycles. The van der Waals surface area contributed by atoms with Gasteiger partial charge >= 0.3 is 0 Å². The third-order valence-electron chi connectivity index (χ3n) is 4.41.